The normalized spacial score (nSPS) is 19.2. The molecule has 1 aliphatic heterocycles. The standard InChI is InChI=1S/C21H28ClFN2O2.2H2S/c1-13(2)9-16-12-25(19(10-14(3)4)21(27)24-16)20(26)8-6-15-5-7-18(23)17(22)11-15;;/h5-8,11,13-14,16,19H,9-10,12H2,1-4H3,(H,24,27);2*1H2/b8-6+;;/t16-,19-;;/m0../s1. The molecule has 164 valence electrons. The maximum Gasteiger partial charge on any atom is 0.247 e. The van der Waals surface area contributed by atoms with Gasteiger partial charge in [-0.2, -0.15) is 27.0 Å². The van der Waals surface area contributed by atoms with Crippen LogP contribution < -0.4 is 5.32 Å². The van der Waals surface area contributed by atoms with Crippen molar-refractivity contribution in [2.24, 2.45) is 11.8 Å². The van der Waals surface area contributed by atoms with Gasteiger partial charge >= 0.3 is 0 Å². The second kappa shape index (κ2) is 12.5. The molecule has 0 radical (unpaired) electrons. The summed E-state index contributed by atoms with van der Waals surface area (Å²) in [5, 5.41) is 3.07. The Hall–Kier alpha value is -1.18. The molecular weight excluding hydrogens is 431 g/mol. The summed E-state index contributed by atoms with van der Waals surface area (Å²) < 4.78 is 13.3. The molecule has 0 aromatic heterocycles. The number of piperazine rings is 1. The van der Waals surface area contributed by atoms with Crippen molar-refractivity contribution in [3.63, 3.8) is 0 Å². The molecule has 1 saturated heterocycles. The van der Waals surface area contributed by atoms with Crippen molar-refractivity contribution < 1.29 is 14.0 Å². The van der Waals surface area contributed by atoms with E-state index in [1.165, 1.54) is 18.2 Å². The van der Waals surface area contributed by atoms with E-state index in [0.717, 1.165) is 6.42 Å². The van der Waals surface area contributed by atoms with Gasteiger partial charge in [0.05, 0.1) is 5.02 Å². The summed E-state index contributed by atoms with van der Waals surface area (Å²) in [6, 6.07) is 3.78. The van der Waals surface area contributed by atoms with Gasteiger partial charge in [0.15, 0.2) is 0 Å². The minimum Gasteiger partial charge on any atom is -0.350 e. The molecule has 1 N–H and O–H groups in total. The molecule has 0 aliphatic carbocycles. The molecule has 1 aromatic rings. The van der Waals surface area contributed by atoms with Crippen molar-refractivity contribution >= 4 is 56.5 Å². The number of nitrogens with one attached hydrogen (secondary N) is 1. The van der Waals surface area contributed by atoms with E-state index in [1.54, 1.807) is 17.0 Å². The molecular formula is C21H32ClFN2O2S2. The first-order chi connectivity index (χ1) is 12.7. The predicted octanol–water partition coefficient (Wildman–Crippen LogP) is 4.51. The SMILES string of the molecule is CC(C)C[C@H]1CN(C(=O)/C=C/c2ccc(F)c(Cl)c2)[C@@H](CC(C)C)C(=O)N1.S.S. The van der Waals surface area contributed by atoms with E-state index in [9.17, 15) is 14.0 Å². The van der Waals surface area contributed by atoms with Crippen LogP contribution in [0.2, 0.25) is 5.02 Å². The molecule has 1 heterocycles. The Morgan fingerprint density at radius 1 is 1.24 bits per heavy atom. The fourth-order valence-corrected chi connectivity index (χ4v) is 3.54. The zero-order valence-corrected chi connectivity index (χ0v) is 20.1. The van der Waals surface area contributed by atoms with E-state index in [4.69, 9.17) is 11.6 Å². The molecule has 0 spiro atoms. The van der Waals surface area contributed by atoms with Gasteiger partial charge in [-0.1, -0.05) is 45.4 Å². The molecule has 0 unspecified atom stereocenters. The second-order valence-electron chi connectivity index (χ2n) is 7.98. The van der Waals surface area contributed by atoms with Crippen LogP contribution in [0.25, 0.3) is 6.08 Å². The van der Waals surface area contributed by atoms with Crippen molar-refractivity contribution in [3.8, 4) is 0 Å². The third-order valence-electron chi connectivity index (χ3n) is 4.54. The van der Waals surface area contributed by atoms with E-state index in [2.05, 4.69) is 19.2 Å². The van der Waals surface area contributed by atoms with Crippen LogP contribution in [0.5, 0.6) is 0 Å². The zero-order valence-electron chi connectivity index (χ0n) is 17.3. The topological polar surface area (TPSA) is 49.4 Å². The lowest BCUT2D eigenvalue weighted by atomic mass is 9.95. The van der Waals surface area contributed by atoms with Crippen LogP contribution in [0, 0.1) is 17.7 Å². The summed E-state index contributed by atoms with van der Waals surface area (Å²) in [6.07, 6.45) is 4.47. The number of hydrogen-bond donors (Lipinski definition) is 1. The highest BCUT2D eigenvalue weighted by molar-refractivity contribution is 7.59. The average molecular weight is 463 g/mol. The van der Waals surface area contributed by atoms with Gasteiger partial charge in [-0.25, -0.2) is 4.39 Å². The Kier molecular flexibility index (Phi) is 12.0. The molecule has 2 rings (SSSR count). The van der Waals surface area contributed by atoms with Crippen molar-refractivity contribution in [2.75, 3.05) is 6.54 Å². The van der Waals surface area contributed by atoms with Gasteiger partial charge in [0.1, 0.15) is 11.9 Å². The molecule has 2 atom stereocenters. The maximum atomic E-state index is 13.3. The van der Waals surface area contributed by atoms with Gasteiger partial charge in [-0.05, 0) is 48.4 Å². The van der Waals surface area contributed by atoms with Gasteiger partial charge < -0.3 is 10.2 Å². The minimum absolute atomic E-state index is 0. The summed E-state index contributed by atoms with van der Waals surface area (Å²) in [7, 11) is 0. The fraction of sp³-hybridized carbons (Fsp3) is 0.524. The molecule has 1 aromatic carbocycles. The number of benzene rings is 1. The summed E-state index contributed by atoms with van der Waals surface area (Å²) in [6.45, 7) is 8.75. The molecule has 1 fully saturated rings. The number of hydrogen-bond acceptors (Lipinski definition) is 2. The van der Waals surface area contributed by atoms with Crippen LogP contribution in [0.3, 0.4) is 0 Å². The zero-order chi connectivity index (χ0) is 20.1. The summed E-state index contributed by atoms with van der Waals surface area (Å²) in [5.74, 6) is -0.0957. The van der Waals surface area contributed by atoms with E-state index < -0.39 is 11.9 Å². The minimum atomic E-state index is -0.499. The second-order valence-corrected chi connectivity index (χ2v) is 8.39. The molecule has 2 amide bonds. The summed E-state index contributed by atoms with van der Waals surface area (Å²) in [4.78, 5) is 27.1. The molecule has 1 aliphatic rings. The van der Waals surface area contributed by atoms with Crippen LogP contribution in [0.15, 0.2) is 24.3 Å². The van der Waals surface area contributed by atoms with Gasteiger partial charge in [-0.15, -0.1) is 0 Å². The summed E-state index contributed by atoms with van der Waals surface area (Å²) in [5.41, 5.74) is 0.635. The highest BCUT2D eigenvalue weighted by Crippen LogP contribution is 2.21. The lowest BCUT2D eigenvalue weighted by molar-refractivity contribution is -0.142. The monoisotopic (exact) mass is 462 g/mol. The predicted molar refractivity (Wildman–Crippen MR) is 128 cm³/mol. The van der Waals surface area contributed by atoms with Crippen LogP contribution in [-0.2, 0) is 9.59 Å². The number of amides is 2. The molecule has 8 heteroatoms. The van der Waals surface area contributed by atoms with Crippen LogP contribution in [0.4, 0.5) is 4.39 Å². The lowest BCUT2D eigenvalue weighted by Crippen LogP contribution is -2.61. The summed E-state index contributed by atoms with van der Waals surface area (Å²) >= 11 is 5.79. The maximum absolute atomic E-state index is 13.3. The van der Waals surface area contributed by atoms with Crippen molar-refractivity contribution in [3.05, 3.63) is 40.7 Å². The number of carbonyl (C=O) groups is 2. The van der Waals surface area contributed by atoms with Gasteiger partial charge in [-0.3, -0.25) is 9.59 Å². The van der Waals surface area contributed by atoms with Crippen molar-refractivity contribution in [1.82, 2.24) is 10.2 Å². The van der Waals surface area contributed by atoms with E-state index in [1.807, 2.05) is 13.8 Å². The third kappa shape index (κ3) is 8.22. The quantitative estimate of drug-likeness (QED) is 0.632. The first-order valence-corrected chi connectivity index (χ1v) is 9.79. The molecule has 29 heavy (non-hydrogen) atoms. The van der Waals surface area contributed by atoms with E-state index in [0.29, 0.717) is 24.4 Å². The first kappa shape index (κ1) is 27.8. The smallest absolute Gasteiger partial charge is 0.247 e. The highest BCUT2D eigenvalue weighted by atomic mass is 35.5. The largest absolute Gasteiger partial charge is 0.350 e. The van der Waals surface area contributed by atoms with Crippen molar-refractivity contribution in [2.45, 2.75) is 52.6 Å². The van der Waals surface area contributed by atoms with Crippen LogP contribution in [0.1, 0.15) is 46.1 Å². The Bertz CT molecular complexity index is 729. The van der Waals surface area contributed by atoms with Gasteiger partial charge in [0, 0.05) is 18.7 Å². The number of rotatable bonds is 6. The number of halogens is 2. The Morgan fingerprint density at radius 2 is 1.86 bits per heavy atom. The number of carbonyl (C=O) groups excluding carboxylic acids is 2. The van der Waals surface area contributed by atoms with E-state index >= 15 is 0 Å². The Balaban J connectivity index is 0.00000392. The molecule has 0 saturated carbocycles. The first-order valence-electron chi connectivity index (χ1n) is 9.41. The van der Waals surface area contributed by atoms with Gasteiger partial charge in [0.25, 0.3) is 0 Å². The lowest BCUT2D eigenvalue weighted by Gasteiger charge is -2.40. The fourth-order valence-electron chi connectivity index (χ4n) is 3.36. The van der Waals surface area contributed by atoms with Gasteiger partial charge in [0.2, 0.25) is 11.8 Å². The average Bonchev–Trinajstić information content (AvgIpc) is 2.57. The molecule has 4 nitrogen and oxygen atoms in total. The Labute approximate surface area is 192 Å². The van der Waals surface area contributed by atoms with E-state index in [-0.39, 0.29) is 55.8 Å². The molecule has 0 bridgehead atoms. The number of nitrogens with zero attached hydrogens (tertiary/aromatic N) is 1. The third-order valence-corrected chi connectivity index (χ3v) is 4.83. The van der Waals surface area contributed by atoms with Crippen LogP contribution >= 0.6 is 38.6 Å². The Morgan fingerprint density at radius 3 is 2.41 bits per heavy atom. The highest BCUT2D eigenvalue weighted by Gasteiger charge is 2.36. The van der Waals surface area contributed by atoms with Crippen LogP contribution in [-0.4, -0.2) is 35.3 Å². The van der Waals surface area contributed by atoms with Crippen molar-refractivity contribution in [1.29, 1.82) is 0 Å².